The van der Waals surface area contributed by atoms with E-state index >= 15 is 0 Å². The number of nitrogens with one attached hydrogen (secondary N) is 1. The fourth-order valence-electron chi connectivity index (χ4n) is 3.59. The first-order valence-corrected chi connectivity index (χ1v) is 8.27. The van der Waals surface area contributed by atoms with Crippen LogP contribution in [0.4, 0.5) is 0 Å². The predicted octanol–water partition coefficient (Wildman–Crippen LogP) is 2.18. The van der Waals surface area contributed by atoms with Gasteiger partial charge < -0.3 is 15.1 Å². The van der Waals surface area contributed by atoms with Gasteiger partial charge in [0.2, 0.25) is 0 Å². The summed E-state index contributed by atoms with van der Waals surface area (Å²) in [5, 5.41) is 3.77. The third kappa shape index (κ3) is 5.05. The fourth-order valence-corrected chi connectivity index (χ4v) is 3.59. The molecule has 3 nitrogen and oxygen atoms in total. The number of hydrogen-bond donors (Lipinski definition) is 1. The van der Waals surface area contributed by atoms with Crippen LogP contribution in [-0.4, -0.2) is 62.2 Å². The average molecular weight is 267 g/mol. The molecule has 0 amide bonds. The van der Waals surface area contributed by atoms with Crippen LogP contribution in [0.1, 0.15) is 45.4 Å². The van der Waals surface area contributed by atoms with Crippen LogP contribution < -0.4 is 5.32 Å². The summed E-state index contributed by atoms with van der Waals surface area (Å²) in [5.74, 6) is 0.957. The molecule has 19 heavy (non-hydrogen) atoms. The summed E-state index contributed by atoms with van der Waals surface area (Å²) in [5.41, 5.74) is 0. The van der Waals surface area contributed by atoms with E-state index in [0.29, 0.717) is 0 Å². The topological polar surface area (TPSA) is 18.5 Å². The van der Waals surface area contributed by atoms with Crippen LogP contribution in [0.5, 0.6) is 0 Å². The highest BCUT2D eigenvalue weighted by Gasteiger charge is 2.21. The van der Waals surface area contributed by atoms with Gasteiger partial charge in [-0.3, -0.25) is 0 Å². The van der Waals surface area contributed by atoms with Gasteiger partial charge in [0, 0.05) is 31.7 Å². The highest BCUT2D eigenvalue weighted by atomic mass is 15.2. The summed E-state index contributed by atoms with van der Waals surface area (Å²) in [6.07, 6.45) is 8.34. The van der Waals surface area contributed by atoms with Gasteiger partial charge in [-0.05, 0) is 65.1 Å². The second kappa shape index (κ2) is 7.61. The lowest BCUT2D eigenvalue weighted by molar-refractivity contribution is 0.133. The Hall–Kier alpha value is -0.120. The molecule has 1 aliphatic heterocycles. The molecule has 1 saturated carbocycles. The lowest BCUT2D eigenvalue weighted by Crippen LogP contribution is -2.47. The van der Waals surface area contributed by atoms with Crippen LogP contribution in [0.25, 0.3) is 0 Å². The number of nitrogens with zero attached hydrogens (tertiary/aromatic N) is 2. The van der Waals surface area contributed by atoms with Gasteiger partial charge in [-0.1, -0.05) is 6.92 Å². The van der Waals surface area contributed by atoms with Crippen molar-refractivity contribution in [1.82, 2.24) is 15.1 Å². The van der Waals surface area contributed by atoms with Gasteiger partial charge in [-0.15, -0.1) is 0 Å². The summed E-state index contributed by atoms with van der Waals surface area (Å²) in [7, 11) is 4.55. The molecule has 0 radical (unpaired) electrons. The Labute approximate surface area is 119 Å². The first kappa shape index (κ1) is 15.3. The molecule has 1 saturated heterocycles. The van der Waals surface area contributed by atoms with Crippen LogP contribution >= 0.6 is 0 Å². The summed E-state index contributed by atoms with van der Waals surface area (Å²) < 4.78 is 0. The van der Waals surface area contributed by atoms with E-state index in [1.807, 2.05) is 0 Å². The molecule has 3 heteroatoms. The van der Waals surface area contributed by atoms with Crippen LogP contribution in [0.2, 0.25) is 0 Å². The van der Waals surface area contributed by atoms with Crippen molar-refractivity contribution in [1.29, 1.82) is 0 Å². The van der Waals surface area contributed by atoms with Gasteiger partial charge in [-0.2, -0.15) is 0 Å². The van der Waals surface area contributed by atoms with E-state index in [4.69, 9.17) is 0 Å². The maximum Gasteiger partial charge on any atom is 0.0221 e. The van der Waals surface area contributed by atoms with Crippen molar-refractivity contribution in [2.45, 2.75) is 57.5 Å². The molecule has 1 heterocycles. The number of likely N-dealkylation sites (N-methyl/N-ethyl adjacent to an activating group) is 2. The van der Waals surface area contributed by atoms with E-state index in [1.54, 1.807) is 0 Å². The Bertz CT molecular complexity index is 248. The lowest BCUT2D eigenvalue weighted by Gasteiger charge is -2.36. The Kier molecular flexibility index (Phi) is 6.11. The molecule has 1 atom stereocenters. The van der Waals surface area contributed by atoms with E-state index in [9.17, 15) is 0 Å². The molecule has 2 aliphatic rings. The predicted molar refractivity (Wildman–Crippen MR) is 82.6 cm³/mol. The Balaban J connectivity index is 1.59. The van der Waals surface area contributed by atoms with E-state index < -0.39 is 0 Å². The molecule has 112 valence electrons. The molecule has 1 aliphatic carbocycles. The highest BCUT2D eigenvalue weighted by Crippen LogP contribution is 2.23. The maximum atomic E-state index is 3.77. The first-order valence-electron chi connectivity index (χ1n) is 8.27. The number of likely N-dealkylation sites (tertiary alicyclic amines) is 1. The monoisotopic (exact) mass is 267 g/mol. The molecular weight excluding hydrogens is 234 g/mol. The molecule has 2 fully saturated rings. The molecule has 2 rings (SSSR count). The zero-order chi connectivity index (χ0) is 13.7. The van der Waals surface area contributed by atoms with Crippen molar-refractivity contribution in [3.05, 3.63) is 0 Å². The molecule has 1 unspecified atom stereocenters. The third-order valence-electron chi connectivity index (χ3n) is 5.14. The molecule has 0 bridgehead atoms. The van der Waals surface area contributed by atoms with Crippen LogP contribution in [-0.2, 0) is 0 Å². The van der Waals surface area contributed by atoms with Gasteiger partial charge in [0.1, 0.15) is 0 Å². The van der Waals surface area contributed by atoms with Gasteiger partial charge >= 0.3 is 0 Å². The summed E-state index contributed by atoms with van der Waals surface area (Å²) in [4.78, 5) is 5.04. The van der Waals surface area contributed by atoms with Gasteiger partial charge in [0.05, 0.1) is 0 Å². The zero-order valence-corrected chi connectivity index (χ0v) is 13.2. The van der Waals surface area contributed by atoms with Crippen molar-refractivity contribution in [3.8, 4) is 0 Å². The minimum Gasteiger partial charge on any atom is -0.313 e. The largest absolute Gasteiger partial charge is 0.313 e. The van der Waals surface area contributed by atoms with E-state index in [2.05, 4.69) is 36.1 Å². The minimum atomic E-state index is 0.770. The van der Waals surface area contributed by atoms with Crippen molar-refractivity contribution in [2.24, 2.45) is 5.92 Å². The summed E-state index contributed by atoms with van der Waals surface area (Å²) in [6, 6.07) is 1.56. The first-order chi connectivity index (χ1) is 9.15. The average Bonchev–Trinajstić information content (AvgIpc) is 2.41. The fraction of sp³-hybridized carbons (Fsp3) is 1.00. The molecule has 1 N–H and O–H groups in total. The SMILES string of the molecule is CC1CCC(NCCN(C)C2CCCN(C)C2)CC1. The lowest BCUT2D eigenvalue weighted by atomic mass is 9.87. The Morgan fingerprint density at radius 1 is 1.16 bits per heavy atom. The van der Waals surface area contributed by atoms with Gasteiger partial charge in [0.25, 0.3) is 0 Å². The normalized spacial score (nSPS) is 33.8. The standard InChI is InChI=1S/C16H33N3/c1-14-6-8-15(9-7-14)17-10-12-19(3)16-5-4-11-18(2)13-16/h14-17H,4-13H2,1-3H3. The van der Waals surface area contributed by atoms with Crippen LogP contribution in [0.3, 0.4) is 0 Å². The summed E-state index contributed by atoms with van der Waals surface area (Å²) in [6.45, 7) is 7.28. The Morgan fingerprint density at radius 2 is 1.89 bits per heavy atom. The van der Waals surface area contributed by atoms with E-state index in [-0.39, 0.29) is 0 Å². The van der Waals surface area contributed by atoms with E-state index in [0.717, 1.165) is 24.5 Å². The summed E-state index contributed by atoms with van der Waals surface area (Å²) >= 11 is 0. The van der Waals surface area contributed by atoms with Crippen molar-refractivity contribution in [3.63, 3.8) is 0 Å². The molecular formula is C16H33N3. The number of hydrogen-bond acceptors (Lipinski definition) is 3. The second-order valence-electron chi connectivity index (χ2n) is 6.95. The van der Waals surface area contributed by atoms with Crippen LogP contribution in [0.15, 0.2) is 0 Å². The smallest absolute Gasteiger partial charge is 0.0221 e. The maximum absolute atomic E-state index is 3.77. The van der Waals surface area contributed by atoms with Crippen LogP contribution in [0, 0.1) is 5.92 Å². The zero-order valence-electron chi connectivity index (χ0n) is 13.2. The van der Waals surface area contributed by atoms with Gasteiger partial charge in [-0.25, -0.2) is 0 Å². The third-order valence-corrected chi connectivity index (χ3v) is 5.14. The minimum absolute atomic E-state index is 0.770. The van der Waals surface area contributed by atoms with Crippen molar-refractivity contribution >= 4 is 0 Å². The highest BCUT2D eigenvalue weighted by molar-refractivity contribution is 4.79. The molecule has 0 aromatic rings. The Morgan fingerprint density at radius 3 is 2.58 bits per heavy atom. The van der Waals surface area contributed by atoms with Crippen molar-refractivity contribution < 1.29 is 0 Å². The quantitative estimate of drug-likeness (QED) is 0.824. The molecule has 0 spiro atoms. The molecule has 0 aromatic heterocycles. The van der Waals surface area contributed by atoms with E-state index in [1.165, 1.54) is 58.2 Å². The van der Waals surface area contributed by atoms with Crippen molar-refractivity contribution in [2.75, 3.05) is 40.3 Å². The number of piperidine rings is 1. The molecule has 0 aromatic carbocycles. The number of rotatable bonds is 5. The second-order valence-corrected chi connectivity index (χ2v) is 6.95. The van der Waals surface area contributed by atoms with Gasteiger partial charge in [0.15, 0.2) is 0 Å².